The smallest absolute Gasteiger partial charge is 0.340 e. The van der Waals surface area contributed by atoms with Crippen LogP contribution >= 0.6 is 0 Å². The van der Waals surface area contributed by atoms with Gasteiger partial charge in [0.25, 0.3) is 5.91 Å². The summed E-state index contributed by atoms with van der Waals surface area (Å²) in [4.78, 5) is 23.4. The van der Waals surface area contributed by atoms with Crippen molar-refractivity contribution in [2.75, 3.05) is 6.54 Å². The highest BCUT2D eigenvalue weighted by Gasteiger charge is 2.44. The maximum Gasteiger partial charge on any atom is 0.416 e. The summed E-state index contributed by atoms with van der Waals surface area (Å²) in [5.41, 5.74) is 2.55. The molecule has 0 radical (unpaired) electrons. The third kappa shape index (κ3) is 4.01. The molecule has 0 saturated carbocycles. The van der Waals surface area contributed by atoms with Crippen molar-refractivity contribution in [3.8, 4) is 17.2 Å². The molecule has 1 amide bonds. The number of carbonyl (C=O) groups is 1. The van der Waals surface area contributed by atoms with Crippen LogP contribution in [0.1, 0.15) is 52.6 Å². The lowest BCUT2D eigenvalue weighted by Crippen LogP contribution is -2.43. The molecule has 0 aliphatic carbocycles. The van der Waals surface area contributed by atoms with Crippen LogP contribution in [0.15, 0.2) is 60.7 Å². The molecule has 8 heteroatoms. The van der Waals surface area contributed by atoms with Crippen molar-refractivity contribution in [3.05, 3.63) is 88.7 Å². The third-order valence-corrected chi connectivity index (χ3v) is 6.91. The summed E-state index contributed by atoms with van der Waals surface area (Å²) >= 11 is 0. The average molecular weight is 489 g/mol. The Morgan fingerprint density at radius 1 is 1.14 bits per heavy atom. The lowest BCUT2D eigenvalue weighted by atomic mass is 9.93. The van der Waals surface area contributed by atoms with Crippen LogP contribution in [0, 0.1) is 18.3 Å². The molecule has 36 heavy (non-hydrogen) atoms. The van der Waals surface area contributed by atoms with Crippen molar-refractivity contribution >= 4 is 16.9 Å². The fourth-order valence-electron chi connectivity index (χ4n) is 4.96. The van der Waals surface area contributed by atoms with Crippen LogP contribution in [-0.4, -0.2) is 27.3 Å². The number of aromatic nitrogens is 2. The van der Waals surface area contributed by atoms with E-state index < -0.39 is 17.3 Å². The van der Waals surface area contributed by atoms with Gasteiger partial charge in [0.05, 0.1) is 33.8 Å². The normalized spacial score (nSPS) is 17.9. The van der Waals surface area contributed by atoms with Gasteiger partial charge in [-0.2, -0.15) is 18.4 Å². The second-order valence-electron chi connectivity index (χ2n) is 9.39. The molecule has 2 heterocycles. The van der Waals surface area contributed by atoms with Gasteiger partial charge in [0.1, 0.15) is 5.82 Å². The second-order valence-corrected chi connectivity index (χ2v) is 9.39. The van der Waals surface area contributed by atoms with E-state index in [2.05, 4.69) is 16.0 Å². The third-order valence-electron chi connectivity index (χ3n) is 6.91. The Balaban J connectivity index is 1.56. The molecule has 182 valence electrons. The molecule has 1 aliphatic rings. The summed E-state index contributed by atoms with van der Waals surface area (Å²) < 4.78 is 39.6. The molecule has 1 unspecified atom stereocenters. The summed E-state index contributed by atoms with van der Waals surface area (Å²) in [6, 6.07) is 18.3. The van der Waals surface area contributed by atoms with Crippen molar-refractivity contribution < 1.29 is 18.0 Å². The lowest BCUT2D eigenvalue weighted by Gasteiger charge is -2.34. The quantitative estimate of drug-likeness (QED) is 0.354. The van der Waals surface area contributed by atoms with Crippen LogP contribution in [0.5, 0.6) is 0 Å². The molecule has 1 atom stereocenters. The minimum Gasteiger partial charge on any atom is -0.340 e. The zero-order chi connectivity index (χ0) is 25.7. The monoisotopic (exact) mass is 488 g/mol. The number of likely N-dealkylation sites (tertiary alicyclic amines) is 1. The number of hydrogen-bond donors (Lipinski definition) is 1. The number of amides is 1. The Morgan fingerprint density at radius 3 is 2.69 bits per heavy atom. The fraction of sp³-hybridized carbons (Fsp3) is 0.250. The highest BCUT2D eigenvalue weighted by atomic mass is 19.4. The van der Waals surface area contributed by atoms with Gasteiger partial charge in [-0.25, -0.2) is 4.98 Å². The zero-order valence-electron chi connectivity index (χ0n) is 19.8. The Bertz CT molecular complexity index is 1530. The predicted molar refractivity (Wildman–Crippen MR) is 130 cm³/mol. The molecule has 0 bridgehead atoms. The van der Waals surface area contributed by atoms with E-state index in [1.165, 1.54) is 6.07 Å². The summed E-state index contributed by atoms with van der Waals surface area (Å²) in [7, 11) is 0. The van der Waals surface area contributed by atoms with Crippen LogP contribution < -0.4 is 0 Å². The summed E-state index contributed by atoms with van der Waals surface area (Å²) in [6.07, 6.45) is -3.10. The molecule has 5 rings (SSSR count). The van der Waals surface area contributed by atoms with Gasteiger partial charge >= 0.3 is 6.18 Å². The number of benzene rings is 3. The van der Waals surface area contributed by atoms with Crippen LogP contribution in [-0.2, 0) is 11.7 Å². The first kappa shape index (κ1) is 23.6. The molecular formula is C28H23F3N4O. The number of aryl methyl sites for hydroxylation is 1. The van der Waals surface area contributed by atoms with Crippen molar-refractivity contribution in [1.29, 1.82) is 5.26 Å². The van der Waals surface area contributed by atoms with Crippen molar-refractivity contribution in [3.63, 3.8) is 0 Å². The maximum atomic E-state index is 14.0. The van der Waals surface area contributed by atoms with E-state index in [1.54, 1.807) is 23.1 Å². The first-order valence-electron chi connectivity index (χ1n) is 11.6. The number of H-pyrrole nitrogens is 1. The van der Waals surface area contributed by atoms with Gasteiger partial charge in [-0.15, -0.1) is 0 Å². The standard InChI is InChI=1S/C28H23F3N4O/c1-17-7-9-21(19-6-3-5-18(14-19)16-32)22(13-17)25(36)35-12-4-11-27(35,2)26-33-23-10-8-20(28(29,30)31)15-24(23)34-26/h3,5-10,13-15H,4,11-12H2,1-2H3,(H,33,34). The van der Waals surface area contributed by atoms with Gasteiger partial charge in [-0.3, -0.25) is 4.79 Å². The largest absolute Gasteiger partial charge is 0.416 e. The number of carbonyl (C=O) groups excluding carboxylic acids is 1. The van der Waals surface area contributed by atoms with Gasteiger partial charge in [-0.05, 0) is 74.2 Å². The highest BCUT2D eigenvalue weighted by molar-refractivity contribution is 6.01. The zero-order valence-corrected chi connectivity index (χ0v) is 19.8. The van der Waals surface area contributed by atoms with Crippen molar-refractivity contribution in [2.24, 2.45) is 0 Å². The van der Waals surface area contributed by atoms with E-state index in [0.29, 0.717) is 35.4 Å². The number of aromatic amines is 1. The number of nitriles is 1. The minimum absolute atomic E-state index is 0.188. The van der Waals surface area contributed by atoms with E-state index in [1.807, 2.05) is 38.1 Å². The van der Waals surface area contributed by atoms with Crippen LogP contribution in [0.25, 0.3) is 22.2 Å². The molecule has 1 saturated heterocycles. The Kier molecular flexibility index (Phi) is 5.59. The molecule has 1 aromatic heterocycles. The van der Waals surface area contributed by atoms with Crippen LogP contribution in [0.4, 0.5) is 13.2 Å². The molecule has 1 fully saturated rings. The number of fused-ring (bicyclic) bond motifs is 1. The van der Waals surface area contributed by atoms with E-state index in [-0.39, 0.29) is 11.4 Å². The number of rotatable bonds is 3. The second kappa shape index (κ2) is 8.52. The van der Waals surface area contributed by atoms with E-state index >= 15 is 0 Å². The summed E-state index contributed by atoms with van der Waals surface area (Å²) in [6.45, 7) is 4.30. The highest BCUT2D eigenvalue weighted by Crippen LogP contribution is 2.40. The predicted octanol–water partition coefficient (Wildman–Crippen LogP) is 6.58. The van der Waals surface area contributed by atoms with Gasteiger partial charge in [0, 0.05) is 12.1 Å². The number of alkyl halides is 3. The minimum atomic E-state index is -4.46. The molecule has 5 nitrogen and oxygen atoms in total. The first-order valence-corrected chi connectivity index (χ1v) is 11.6. The van der Waals surface area contributed by atoms with Crippen molar-refractivity contribution in [1.82, 2.24) is 14.9 Å². The number of halogens is 3. The Morgan fingerprint density at radius 2 is 1.94 bits per heavy atom. The van der Waals surface area contributed by atoms with E-state index in [9.17, 15) is 23.2 Å². The lowest BCUT2D eigenvalue weighted by molar-refractivity contribution is -0.137. The molecule has 0 spiro atoms. The van der Waals surface area contributed by atoms with Crippen molar-refractivity contribution in [2.45, 2.75) is 38.4 Å². The average Bonchev–Trinajstić information content (AvgIpc) is 3.47. The summed E-state index contributed by atoms with van der Waals surface area (Å²) in [5, 5.41) is 9.32. The van der Waals surface area contributed by atoms with E-state index in [4.69, 9.17) is 0 Å². The number of nitrogens with zero attached hydrogens (tertiary/aromatic N) is 3. The number of nitrogens with one attached hydrogen (secondary N) is 1. The van der Waals surface area contributed by atoms with Crippen LogP contribution in [0.3, 0.4) is 0 Å². The molecule has 1 N–H and O–H groups in total. The van der Waals surface area contributed by atoms with Gasteiger partial charge < -0.3 is 9.88 Å². The van der Waals surface area contributed by atoms with Gasteiger partial charge in [0.2, 0.25) is 0 Å². The molecule has 1 aliphatic heterocycles. The SMILES string of the molecule is Cc1ccc(-c2cccc(C#N)c2)c(C(=O)N2CCCC2(C)c2nc3ccc(C(F)(F)F)cc3[nH]2)c1. The summed E-state index contributed by atoms with van der Waals surface area (Å²) in [5.74, 6) is 0.274. The Labute approximate surface area is 206 Å². The van der Waals surface area contributed by atoms with Gasteiger partial charge in [-0.1, -0.05) is 29.8 Å². The topological polar surface area (TPSA) is 72.8 Å². The Hall–Kier alpha value is -4.12. The first-order chi connectivity index (χ1) is 17.1. The molecule has 4 aromatic rings. The van der Waals surface area contributed by atoms with Crippen LogP contribution in [0.2, 0.25) is 0 Å². The fourth-order valence-corrected chi connectivity index (χ4v) is 4.96. The molecule has 3 aromatic carbocycles. The molecular weight excluding hydrogens is 465 g/mol. The maximum absolute atomic E-state index is 14.0. The number of imidazole rings is 1. The van der Waals surface area contributed by atoms with Gasteiger partial charge in [0.15, 0.2) is 0 Å². The number of hydrogen-bond acceptors (Lipinski definition) is 3. The van der Waals surface area contributed by atoms with E-state index in [0.717, 1.165) is 35.2 Å².